The van der Waals surface area contributed by atoms with E-state index in [1.807, 2.05) is 19.1 Å². The fourth-order valence-corrected chi connectivity index (χ4v) is 4.39. The number of hydrogen-bond acceptors (Lipinski definition) is 0. The Balaban J connectivity index is 2.06. The van der Waals surface area contributed by atoms with Gasteiger partial charge in [0.15, 0.2) is 0 Å². The fourth-order valence-electron chi connectivity index (χ4n) is 4.39. The van der Waals surface area contributed by atoms with Crippen molar-refractivity contribution in [3.05, 3.63) is 65.1 Å². The second-order valence-corrected chi connectivity index (χ2v) is 7.90. The SMILES string of the molecule is Cc1cc(-n2c(C(C)C)c(C3CCC3C)c3ccccc32)ccc1F. The molecule has 1 aliphatic rings. The van der Waals surface area contributed by atoms with Crippen molar-refractivity contribution < 1.29 is 4.39 Å². The molecule has 0 saturated heterocycles. The fraction of sp³-hybridized carbons (Fsp3) is 0.391. The summed E-state index contributed by atoms with van der Waals surface area (Å²) in [7, 11) is 0. The molecule has 2 heteroatoms. The summed E-state index contributed by atoms with van der Waals surface area (Å²) in [5.41, 5.74) is 5.92. The lowest BCUT2D eigenvalue weighted by molar-refractivity contribution is 0.280. The molecule has 1 fully saturated rings. The quantitative estimate of drug-likeness (QED) is 0.501. The topological polar surface area (TPSA) is 4.93 Å². The molecule has 0 spiro atoms. The largest absolute Gasteiger partial charge is 0.313 e. The third-order valence-electron chi connectivity index (χ3n) is 5.89. The number of aryl methyl sites for hydroxylation is 1. The summed E-state index contributed by atoms with van der Waals surface area (Å²) in [4.78, 5) is 0. The summed E-state index contributed by atoms with van der Waals surface area (Å²) < 4.78 is 16.2. The summed E-state index contributed by atoms with van der Waals surface area (Å²) in [5, 5.41) is 1.37. The number of para-hydroxylation sites is 1. The lowest BCUT2D eigenvalue weighted by atomic mass is 9.69. The van der Waals surface area contributed by atoms with Crippen molar-refractivity contribution in [1.82, 2.24) is 4.57 Å². The van der Waals surface area contributed by atoms with Gasteiger partial charge in [-0.05, 0) is 72.9 Å². The van der Waals surface area contributed by atoms with Crippen molar-refractivity contribution in [2.24, 2.45) is 5.92 Å². The van der Waals surface area contributed by atoms with Crippen molar-refractivity contribution in [3.8, 4) is 5.69 Å². The van der Waals surface area contributed by atoms with Crippen LogP contribution >= 0.6 is 0 Å². The highest BCUT2D eigenvalue weighted by atomic mass is 19.1. The third kappa shape index (κ3) is 2.50. The average molecular weight is 335 g/mol. The molecule has 2 unspecified atom stereocenters. The Bertz CT molecular complexity index is 935. The number of nitrogens with zero attached hydrogens (tertiary/aromatic N) is 1. The number of rotatable bonds is 3. The highest BCUT2D eigenvalue weighted by Crippen LogP contribution is 2.49. The number of aromatic nitrogens is 1. The van der Waals surface area contributed by atoms with E-state index in [-0.39, 0.29) is 5.82 Å². The minimum Gasteiger partial charge on any atom is -0.313 e. The van der Waals surface area contributed by atoms with E-state index in [0.29, 0.717) is 17.4 Å². The second-order valence-electron chi connectivity index (χ2n) is 7.90. The summed E-state index contributed by atoms with van der Waals surface area (Å²) in [6.07, 6.45) is 2.59. The Hall–Kier alpha value is -2.09. The molecule has 3 aromatic rings. The first-order valence-electron chi connectivity index (χ1n) is 9.38. The van der Waals surface area contributed by atoms with Crippen molar-refractivity contribution >= 4 is 10.9 Å². The molecular formula is C23H26FN. The van der Waals surface area contributed by atoms with Gasteiger partial charge >= 0.3 is 0 Å². The zero-order valence-corrected chi connectivity index (χ0v) is 15.5. The van der Waals surface area contributed by atoms with Crippen molar-refractivity contribution in [2.45, 2.75) is 52.4 Å². The van der Waals surface area contributed by atoms with E-state index in [2.05, 4.69) is 49.6 Å². The predicted octanol–water partition coefficient (Wildman–Crippen LogP) is 6.71. The van der Waals surface area contributed by atoms with Gasteiger partial charge in [-0.3, -0.25) is 0 Å². The Morgan fingerprint density at radius 3 is 2.44 bits per heavy atom. The zero-order chi connectivity index (χ0) is 17.7. The molecule has 1 aromatic heterocycles. The van der Waals surface area contributed by atoms with Crippen LogP contribution in [0, 0.1) is 18.7 Å². The van der Waals surface area contributed by atoms with Gasteiger partial charge in [0.25, 0.3) is 0 Å². The van der Waals surface area contributed by atoms with Crippen molar-refractivity contribution in [3.63, 3.8) is 0 Å². The Labute approximate surface area is 149 Å². The van der Waals surface area contributed by atoms with Gasteiger partial charge in [0.2, 0.25) is 0 Å². The van der Waals surface area contributed by atoms with Gasteiger partial charge in [0, 0.05) is 16.8 Å². The molecule has 2 atom stereocenters. The minimum atomic E-state index is -0.140. The van der Waals surface area contributed by atoms with Crippen molar-refractivity contribution in [1.29, 1.82) is 0 Å². The molecule has 2 aromatic carbocycles. The van der Waals surface area contributed by atoms with E-state index in [1.54, 1.807) is 6.07 Å². The van der Waals surface area contributed by atoms with Crippen molar-refractivity contribution in [2.75, 3.05) is 0 Å². The van der Waals surface area contributed by atoms with E-state index in [1.165, 1.54) is 35.0 Å². The first-order chi connectivity index (χ1) is 12.0. The maximum absolute atomic E-state index is 13.8. The molecule has 25 heavy (non-hydrogen) atoms. The van der Waals surface area contributed by atoms with Gasteiger partial charge in [-0.2, -0.15) is 0 Å². The maximum Gasteiger partial charge on any atom is 0.126 e. The summed E-state index contributed by atoms with van der Waals surface area (Å²) >= 11 is 0. The van der Waals surface area contributed by atoms with Crippen LogP contribution in [0.25, 0.3) is 16.6 Å². The first kappa shape index (κ1) is 16.4. The van der Waals surface area contributed by atoms with Crippen LogP contribution in [0.5, 0.6) is 0 Å². The minimum absolute atomic E-state index is 0.140. The van der Waals surface area contributed by atoms with E-state index in [4.69, 9.17) is 0 Å². The average Bonchev–Trinajstić information content (AvgIpc) is 2.91. The van der Waals surface area contributed by atoms with Crippen LogP contribution in [0.3, 0.4) is 0 Å². The highest BCUT2D eigenvalue weighted by Gasteiger charge is 2.34. The van der Waals surface area contributed by atoms with Crippen LogP contribution in [0.4, 0.5) is 4.39 Å². The van der Waals surface area contributed by atoms with Crippen LogP contribution in [0.15, 0.2) is 42.5 Å². The van der Waals surface area contributed by atoms with Crippen LogP contribution in [0.1, 0.15) is 62.3 Å². The normalized spacial score (nSPS) is 20.2. The molecule has 4 rings (SSSR count). The standard InChI is InChI=1S/C23H26FN/c1-14(2)23-22(18-11-9-15(18)3)19-7-5-6-8-21(19)25(23)17-10-12-20(24)16(4)13-17/h5-8,10,12-15,18H,9,11H2,1-4H3. The summed E-state index contributed by atoms with van der Waals surface area (Å²) in [6.45, 7) is 8.75. The summed E-state index contributed by atoms with van der Waals surface area (Å²) in [6, 6.07) is 14.2. The predicted molar refractivity (Wildman–Crippen MR) is 103 cm³/mol. The van der Waals surface area contributed by atoms with Crippen LogP contribution < -0.4 is 0 Å². The molecule has 0 N–H and O–H groups in total. The first-order valence-corrected chi connectivity index (χ1v) is 9.38. The number of halogens is 1. The third-order valence-corrected chi connectivity index (χ3v) is 5.89. The molecule has 0 aliphatic heterocycles. The Morgan fingerprint density at radius 2 is 1.84 bits per heavy atom. The maximum atomic E-state index is 13.8. The van der Waals surface area contributed by atoms with Gasteiger partial charge in [0.1, 0.15) is 5.82 Å². The Kier molecular flexibility index (Phi) is 3.94. The molecule has 130 valence electrons. The lowest BCUT2D eigenvalue weighted by Gasteiger charge is -2.35. The van der Waals surface area contributed by atoms with Crippen LogP contribution in [0.2, 0.25) is 0 Å². The smallest absolute Gasteiger partial charge is 0.126 e. The molecule has 0 amide bonds. The Morgan fingerprint density at radius 1 is 1.08 bits per heavy atom. The number of hydrogen-bond donors (Lipinski definition) is 0. The second kappa shape index (κ2) is 6.01. The highest BCUT2D eigenvalue weighted by molar-refractivity contribution is 5.88. The molecule has 1 nitrogen and oxygen atoms in total. The van der Waals surface area contributed by atoms with E-state index < -0.39 is 0 Å². The van der Waals surface area contributed by atoms with Crippen LogP contribution in [-0.2, 0) is 0 Å². The molecular weight excluding hydrogens is 309 g/mol. The lowest BCUT2D eigenvalue weighted by Crippen LogP contribution is -2.22. The zero-order valence-electron chi connectivity index (χ0n) is 15.5. The molecule has 1 heterocycles. The van der Waals surface area contributed by atoms with Gasteiger partial charge in [-0.1, -0.05) is 39.0 Å². The van der Waals surface area contributed by atoms with E-state index in [9.17, 15) is 4.39 Å². The van der Waals surface area contributed by atoms with Gasteiger partial charge < -0.3 is 4.57 Å². The van der Waals surface area contributed by atoms with Gasteiger partial charge in [0.05, 0.1) is 5.52 Å². The molecule has 1 saturated carbocycles. The van der Waals surface area contributed by atoms with E-state index in [0.717, 1.165) is 11.6 Å². The molecule has 0 radical (unpaired) electrons. The van der Waals surface area contributed by atoms with Gasteiger partial charge in [-0.15, -0.1) is 0 Å². The molecule has 0 bridgehead atoms. The monoisotopic (exact) mass is 335 g/mol. The number of benzene rings is 2. The summed E-state index contributed by atoms with van der Waals surface area (Å²) in [5.74, 6) is 1.66. The number of fused-ring (bicyclic) bond motifs is 1. The van der Waals surface area contributed by atoms with Crippen LogP contribution in [-0.4, -0.2) is 4.57 Å². The van der Waals surface area contributed by atoms with Gasteiger partial charge in [-0.25, -0.2) is 4.39 Å². The molecule has 1 aliphatic carbocycles. The van der Waals surface area contributed by atoms with E-state index >= 15 is 0 Å².